The molecule has 11 heteroatoms. The standard InChI is InChI=1S/C19H28FN5O5/c1-3-30-17(26)19(2)7-4-12(5-8-19)22-16-15(25(27)28)10-21-18(24-16)23-14-6-9-29-11-13(14)20/h10,12-14H,3-9,11H2,1-2H3,(H2,21,22,23,24)/t12-,13-,14+,19-/m1/s1. The molecule has 1 saturated heterocycles. The lowest BCUT2D eigenvalue weighted by Gasteiger charge is -2.35. The van der Waals surface area contributed by atoms with Gasteiger partial charge in [0.25, 0.3) is 0 Å². The van der Waals surface area contributed by atoms with E-state index < -0.39 is 22.6 Å². The molecule has 2 atom stereocenters. The maximum Gasteiger partial charge on any atom is 0.329 e. The molecule has 2 heterocycles. The predicted octanol–water partition coefficient (Wildman–Crippen LogP) is 2.85. The van der Waals surface area contributed by atoms with E-state index in [0.29, 0.717) is 45.3 Å². The van der Waals surface area contributed by atoms with Crippen LogP contribution in [0.1, 0.15) is 46.0 Å². The van der Waals surface area contributed by atoms with Crippen LogP contribution in [-0.2, 0) is 14.3 Å². The number of ether oxygens (including phenoxy) is 2. The van der Waals surface area contributed by atoms with Crippen LogP contribution in [0.4, 0.5) is 21.8 Å². The van der Waals surface area contributed by atoms with Crippen LogP contribution in [0.15, 0.2) is 6.20 Å². The zero-order chi connectivity index (χ0) is 21.7. The van der Waals surface area contributed by atoms with Crippen LogP contribution in [0, 0.1) is 15.5 Å². The molecule has 166 valence electrons. The molecule has 0 amide bonds. The van der Waals surface area contributed by atoms with Gasteiger partial charge >= 0.3 is 11.7 Å². The molecule has 1 aliphatic carbocycles. The molecule has 30 heavy (non-hydrogen) atoms. The van der Waals surface area contributed by atoms with Crippen molar-refractivity contribution in [3.8, 4) is 0 Å². The number of hydrogen-bond donors (Lipinski definition) is 2. The minimum Gasteiger partial charge on any atom is -0.466 e. The number of carbonyl (C=O) groups excluding carboxylic acids is 1. The molecular formula is C19H28FN5O5. The van der Waals surface area contributed by atoms with Gasteiger partial charge in [-0.2, -0.15) is 4.98 Å². The van der Waals surface area contributed by atoms with Gasteiger partial charge in [-0.1, -0.05) is 0 Å². The van der Waals surface area contributed by atoms with Crippen LogP contribution in [0.2, 0.25) is 0 Å². The third-order valence-corrected chi connectivity index (χ3v) is 5.77. The quantitative estimate of drug-likeness (QED) is 0.385. The molecule has 2 N–H and O–H groups in total. The van der Waals surface area contributed by atoms with Crippen molar-refractivity contribution in [2.24, 2.45) is 5.41 Å². The summed E-state index contributed by atoms with van der Waals surface area (Å²) in [4.78, 5) is 31.3. The van der Waals surface area contributed by atoms with Gasteiger partial charge in [0, 0.05) is 12.6 Å². The zero-order valence-corrected chi connectivity index (χ0v) is 17.2. The van der Waals surface area contributed by atoms with Gasteiger partial charge in [-0.15, -0.1) is 0 Å². The van der Waals surface area contributed by atoms with Gasteiger partial charge in [0.1, 0.15) is 12.4 Å². The van der Waals surface area contributed by atoms with Gasteiger partial charge in [-0.3, -0.25) is 14.9 Å². The lowest BCUT2D eigenvalue weighted by atomic mass is 9.74. The molecule has 3 rings (SSSR count). The maximum absolute atomic E-state index is 14.0. The van der Waals surface area contributed by atoms with Crippen LogP contribution in [0.25, 0.3) is 0 Å². The molecule has 1 saturated carbocycles. The van der Waals surface area contributed by atoms with E-state index in [1.54, 1.807) is 6.92 Å². The Labute approximate surface area is 174 Å². The minimum absolute atomic E-state index is 0.00291. The first kappa shape index (κ1) is 22.1. The second kappa shape index (κ2) is 9.50. The molecule has 2 aliphatic rings. The van der Waals surface area contributed by atoms with E-state index in [1.165, 1.54) is 0 Å². The first-order chi connectivity index (χ1) is 14.3. The number of alkyl halides is 1. The minimum atomic E-state index is -1.20. The van der Waals surface area contributed by atoms with Crippen molar-refractivity contribution < 1.29 is 23.6 Å². The summed E-state index contributed by atoms with van der Waals surface area (Å²) in [7, 11) is 0. The van der Waals surface area contributed by atoms with E-state index in [9.17, 15) is 19.3 Å². The molecule has 10 nitrogen and oxygen atoms in total. The molecule has 0 spiro atoms. The Morgan fingerprint density at radius 3 is 2.77 bits per heavy atom. The fraction of sp³-hybridized carbons (Fsp3) is 0.737. The second-order valence-corrected chi connectivity index (χ2v) is 8.01. The first-order valence-corrected chi connectivity index (χ1v) is 10.3. The second-order valence-electron chi connectivity index (χ2n) is 8.01. The number of anilines is 2. The summed E-state index contributed by atoms with van der Waals surface area (Å²) in [5.74, 6) is 0.00900. The highest BCUT2D eigenvalue weighted by Crippen LogP contribution is 2.38. The van der Waals surface area contributed by atoms with Gasteiger partial charge in [-0.05, 0) is 46.0 Å². The zero-order valence-electron chi connectivity index (χ0n) is 17.2. The highest BCUT2D eigenvalue weighted by atomic mass is 19.1. The smallest absolute Gasteiger partial charge is 0.329 e. The maximum atomic E-state index is 14.0. The van der Waals surface area contributed by atoms with Crippen LogP contribution in [0.3, 0.4) is 0 Å². The van der Waals surface area contributed by atoms with Crippen LogP contribution >= 0.6 is 0 Å². The van der Waals surface area contributed by atoms with Crippen LogP contribution in [-0.4, -0.2) is 58.9 Å². The molecule has 1 aliphatic heterocycles. The van der Waals surface area contributed by atoms with Crippen molar-refractivity contribution in [1.82, 2.24) is 9.97 Å². The molecule has 0 unspecified atom stereocenters. The average molecular weight is 425 g/mol. The number of esters is 1. The molecular weight excluding hydrogens is 397 g/mol. The first-order valence-electron chi connectivity index (χ1n) is 10.3. The Balaban J connectivity index is 1.68. The molecule has 0 bridgehead atoms. The van der Waals surface area contributed by atoms with E-state index in [1.807, 2.05) is 6.92 Å². The highest BCUT2D eigenvalue weighted by Gasteiger charge is 2.39. The van der Waals surface area contributed by atoms with Crippen LogP contribution in [0.5, 0.6) is 0 Å². The van der Waals surface area contributed by atoms with Crippen molar-refractivity contribution in [3.05, 3.63) is 16.3 Å². The molecule has 1 aromatic rings. The number of rotatable bonds is 7. The summed E-state index contributed by atoms with van der Waals surface area (Å²) >= 11 is 0. The molecule has 0 aromatic carbocycles. The molecule has 1 aromatic heterocycles. The Morgan fingerprint density at radius 2 is 2.13 bits per heavy atom. The number of nitrogens with one attached hydrogen (secondary N) is 2. The fourth-order valence-electron chi connectivity index (χ4n) is 3.82. The number of nitro groups is 1. The lowest BCUT2D eigenvalue weighted by Crippen LogP contribution is -2.40. The Morgan fingerprint density at radius 1 is 1.40 bits per heavy atom. The van der Waals surface area contributed by atoms with Gasteiger partial charge in [0.2, 0.25) is 11.8 Å². The van der Waals surface area contributed by atoms with Gasteiger partial charge in [-0.25, -0.2) is 9.37 Å². The third kappa shape index (κ3) is 5.13. The topological polar surface area (TPSA) is 129 Å². The summed E-state index contributed by atoms with van der Waals surface area (Å²) in [5.41, 5.74) is -0.791. The Bertz CT molecular complexity index is 772. The third-order valence-electron chi connectivity index (χ3n) is 5.77. The Hall–Kier alpha value is -2.56. The van der Waals surface area contributed by atoms with Crippen LogP contribution < -0.4 is 10.6 Å². The summed E-state index contributed by atoms with van der Waals surface area (Å²) < 4.78 is 24.3. The largest absolute Gasteiger partial charge is 0.466 e. The Kier molecular flexibility index (Phi) is 7.01. The summed E-state index contributed by atoms with van der Waals surface area (Å²) in [5, 5.41) is 17.4. The van der Waals surface area contributed by atoms with Gasteiger partial charge in [0.15, 0.2) is 0 Å². The summed E-state index contributed by atoms with van der Waals surface area (Å²) in [6.07, 6.45) is 2.89. The number of carbonyl (C=O) groups is 1. The van der Waals surface area contributed by atoms with E-state index in [2.05, 4.69) is 20.6 Å². The molecule has 0 radical (unpaired) electrons. The van der Waals surface area contributed by atoms with Gasteiger partial charge in [0.05, 0.1) is 29.6 Å². The van der Waals surface area contributed by atoms with Crippen molar-refractivity contribution in [3.63, 3.8) is 0 Å². The van der Waals surface area contributed by atoms with Gasteiger partial charge < -0.3 is 20.1 Å². The van der Waals surface area contributed by atoms with E-state index in [0.717, 1.165) is 6.20 Å². The molecule has 2 fully saturated rings. The van der Waals surface area contributed by atoms with E-state index in [4.69, 9.17) is 9.47 Å². The van der Waals surface area contributed by atoms with E-state index in [-0.39, 0.29) is 36.1 Å². The van der Waals surface area contributed by atoms with Crippen molar-refractivity contribution in [2.75, 3.05) is 30.5 Å². The normalized spacial score (nSPS) is 29.1. The number of nitrogens with zero attached hydrogens (tertiary/aromatic N) is 3. The summed E-state index contributed by atoms with van der Waals surface area (Å²) in [6.45, 7) is 4.43. The van der Waals surface area contributed by atoms with Crippen molar-refractivity contribution in [1.29, 1.82) is 0 Å². The number of hydrogen-bond acceptors (Lipinski definition) is 9. The lowest BCUT2D eigenvalue weighted by molar-refractivity contribution is -0.384. The van der Waals surface area contributed by atoms with Crippen molar-refractivity contribution in [2.45, 2.75) is 64.2 Å². The summed E-state index contributed by atoms with van der Waals surface area (Å²) in [6, 6.07) is -0.584. The SMILES string of the molecule is CCOC(=O)[C@]1(C)CC[C@@H](Nc2nc(N[C@H]3CCOC[C@H]3F)ncc2[N+](=O)[O-])CC1. The number of halogens is 1. The highest BCUT2D eigenvalue weighted by molar-refractivity contribution is 5.76. The predicted molar refractivity (Wildman–Crippen MR) is 107 cm³/mol. The monoisotopic (exact) mass is 425 g/mol. The van der Waals surface area contributed by atoms with Crippen molar-refractivity contribution >= 4 is 23.4 Å². The fourth-order valence-corrected chi connectivity index (χ4v) is 3.82. The number of aromatic nitrogens is 2. The van der Waals surface area contributed by atoms with E-state index >= 15 is 0 Å². The average Bonchev–Trinajstić information content (AvgIpc) is 2.72.